The molecule has 0 spiro atoms. The molecule has 0 bridgehead atoms. The average Bonchev–Trinajstić information content (AvgIpc) is 2.83. The third kappa shape index (κ3) is 3.65. The molecule has 1 aromatic rings. The Morgan fingerprint density at radius 3 is 2.36 bits per heavy atom. The highest BCUT2D eigenvalue weighted by molar-refractivity contribution is 6.59. The van der Waals surface area contributed by atoms with Crippen LogP contribution in [-0.4, -0.2) is 43.3 Å². The van der Waals surface area contributed by atoms with Gasteiger partial charge in [0.2, 0.25) is 0 Å². The van der Waals surface area contributed by atoms with Crippen LogP contribution in [0.25, 0.3) is 0 Å². The van der Waals surface area contributed by atoms with Crippen LogP contribution in [0, 0.1) is 6.92 Å². The summed E-state index contributed by atoms with van der Waals surface area (Å²) in [5.41, 5.74) is 1.30. The SMILES string of the molecule is COC(=O)C1=C(C(=O)OC)N(c2cccc(B(O)O)c2C)C=CC=C1. The van der Waals surface area contributed by atoms with Crippen LogP contribution in [-0.2, 0) is 19.1 Å². The van der Waals surface area contributed by atoms with E-state index in [0.29, 0.717) is 11.3 Å². The zero-order valence-corrected chi connectivity index (χ0v) is 14.1. The van der Waals surface area contributed by atoms with Gasteiger partial charge in [-0.3, -0.25) is 0 Å². The van der Waals surface area contributed by atoms with Gasteiger partial charge in [-0.05, 0) is 36.2 Å². The molecule has 0 atom stereocenters. The maximum Gasteiger partial charge on any atom is 0.488 e. The minimum Gasteiger partial charge on any atom is -0.465 e. The number of carbonyl (C=O) groups is 2. The fourth-order valence-electron chi connectivity index (χ4n) is 2.53. The molecule has 0 saturated heterocycles. The lowest BCUT2D eigenvalue weighted by Crippen LogP contribution is -2.34. The molecule has 1 aliphatic rings. The Morgan fingerprint density at radius 1 is 1.08 bits per heavy atom. The molecule has 0 unspecified atom stereocenters. The molecule has 1 aromatic carbocycles. The number of rotatable bonds is 4. The third-order valence-electron chi connectivity index (χ3n) is 3.77. The van der Waals surface area contributed by atoms with E-state index in [0.717, 1.165) is 0 Å². The molecular weight excluding hydrogens is 325 g/mol. The molecule has 0 radical (unpaired) electrons. The number of ether oxygens (including phenoxy) is 2. The fraction of sp³-hybridized carbons (Fsp3) is 0.176. The van der Waals surface area contributed by atoms with E-state index in [1.807, 2.05) is 0 Å². The molecule has 2 N–H and O–H groups in total. The topological polar surface area (TPSA) is 96.3 Å². The Hall–Kier alpha value is -2.84. The average molecular weight is 343 g/mol. The zero-order valence-electron chi connectivity index (χ0n) is 14.1. The number of hydrogen-bond donors (Lipinski definition) is 2. The smallest absolute Gasteiger partial charge is 0.465 e. The second-order valence-corrected chi connectivity index (χ2v) is 5.18. The zero-order chi connectivity index (χ0) is 18.6. The third-order valence-corrected chi connectivity index (χ3v) is 3.77. The Balaban J connectivity index is 2.72. The van der Waals surface area contributed by atoms with E-state index in [1.165, 1.54) is 25.2 Å². The lowest BCUT2D eigenvalue weighted by molar-refractivity contribution is -0.139. The first-order valence-corrected chi connectivity index (χ1v) is 7.43. The summed E-state index contributed by atoms with van der Waals surface area (Å²) in [5.74, 6) is -1.42. The van der Waals surface area contributed by atoms with Crippen molar-refractivity contribution in [2.24, 2.45) is 0 Å². The first-order valence-electron chi connectivity index (χ1n) is 7.43. The van der Waals surface area contributed by atoms with Crippen LogP contribution in [0.4, 0.5) is 5.69 Å². The van der Waals surface area contributed by atoms with Gasteiger partial charge in [0, 0.05) is 11.9 Å². The van der Waals surface area contributed by atoms with E-state index in [4.69, 9.17) is 9.47 Å². The summed E-state index contributed by atoms with van der Waals surface area (Å²) in [6.45, 7) is 1.68. The molecule has 1 aliphatic heterocycles. The number of benzene rings is 1. The number of nitrogens with zero attached hydrogens (tertiary/aromatic N) is 1. The standard InChI is InChI=1S/C17H18BNO6/c1-11-13(18(22)23)8-6-9-14(11)19-10-5-4-7-12(16(20)24-2)15(19)17(21)25-3/h4-10,22-23H,1-3H3. The van der Waals surface area contributed by atoms with Gasteiger partial charge in [-0.25, -0.2) is 9.59 Å². The normalized spacial score (nSPS) is 13.6. The van der Waals surface area contributed by atoms with Gasteiger partial charge in [-0.1, -0.05) is 18.2 Å². The van der Waals surface area contributed by atoms with Crippen molar-refractivity contribution in [2.45, 2.75) is 6.92 Å². The van der Waals surface area contributed by atoms with Crippen molar-refractivity contribution < 1.29 is 29.1 Å². The number of anilines is 1. The lowest BCUT2D eigenvalue weighted by Gasteiger charge is -2.25. The monoisotopic (exact) mass is 343 g/mol. The van der Waals surface area contributed by atoms with Gasteiger partial charge >= 0.3 is 19.1 Å². The number of carbonyl (C=O) groups excluding carboxylic acids is 2. The molecule has 1 heterocycles. The predicted molar refractivity (Wildman–Crippen MR) is 92.8 cm³/mol. The highest BCUT2D eigenvalue weighted by Crippen LogP contribution is 2.28. The first kappa shape index (κ1) is 18.5. The van der Waals surface area contributed by atoms with Crippen LogP contribution >= 0.6 is 0 Å². The van der Waals surface area contributed by atoms with E-state index in [2.05, 4.69) is 0 Å². The molecule has 0 saturated carbocycles. The Kier molecular flexibility index (Phi) is 5.79. The molecule has 7 nitrogen and oxygen atoms in total. The number of allylic oxidation sites excluding steroid dienone is 2. The minimum atomic E-state index is -1.67. The van der Waals surface area contributed by atoms with E-state index in [-0.39, 0.29) is 16.7 Å². The van der Waals surface area contributed by atoms with Crippen molar-refractivity contribution in [1.29, 1.82) is 0 Å². The highest BCUT2D eigenvalue weighted by atomic mass is 16.5. The number of hydrogen-bond acceptors (Lipinski definition) is 7. The minimum absolute atomic E-state index is 0.0219. The summed E-state index contributed by atoms with van der Waals surface area (Å²) in [6.07, 6.45) is 6.26. The van der Waals surface area contributed by atoms with Crippen LogP contribution in [0.15, 0.2) is 53.9 Å². The van der Waals surface area contributed by atoms with Crippen molar-refractivity contribution in [2.75, 3.05) is 19.1 Å². The molecule has 8 heteroatoms. The summed E-state index contributed by atoms with van der Waals surface area (Å²) in [7, 11) is 0.760. The maximum atomic E-state index is 12.4. The Bertz CT molecular complexity index is 781. The summed E-state index contributed by atoms with van der Waals surface area (Å²) in [4.78, 5) is 25.9. The summed E-state index contributed by atoms with van der Waals surface area (Å²) in [6, 6.07) is 4.87. The molecule has 0 fully saturated rings. The van der Waals surface area contributed by atoms with Gasteiger partial charge < -0.3 is 24.4 Å². The molecule has 2 rings (SSSR count). The highest BCUT2D eigenvalue weighted by Gasteiger charge is 2.29. The van der Waals surface area contributed by atoms with Gasteiger partial charge in [0.1, 0.15) is 5.70 Å². The summed E-state index contributed by atoms with van der Waals surface area (Å²) in [5, 5.41) is 19.0. The molecule has 0 aliphatic carbocycles. The van der Waals surface area contributed by atoms with Crippen molar-refractivity contribution in [3.05, 3.63) is 59.5 Å². The van der Waals surface area contributed by atoms with Gasteiger partial charge in [0.05, 0.1) is 19.8 Å². The van der Waals surface area contributed by atoms with Crippen molar-refractivity contribution in [3.63, 3.8) is 0 Å². The van der Waals surface area contributed by atoms with Crippen molar-refractivity contribution >= 4 is 30.2 Å². The van der Waals surface area contributed by atoms with Crippen LogP contribution < -0.4 is 10.4 Å². The number of methoxy groups -OCH3 is 2. The van der Waals surface area contributed by atoms with Crippen LogP contribution in [0.1, 0.15) is 5.56 Å². The summed E-state index contributed by atoms with van der Waals surface area (Å²) >= 11 is 0. The van der Waals surface area contributed by atoms with Crippen LogP contribution in [0.5, 0.6) is 0 Å². The van der Waals surface area contributed by atoms with Crippen molar-refractivity contribution in [1.82, 2.24) is 0 Å². The maximum absolute atomic E-state index is 12.4. The van der Waals surface area contributed by atoms with E-state index in [9.17, 15) is 19.6 Å². The van der Waals surface area contributed by atoms with Crippen LogP contribution in [0.3, 0.4) is 0 Å². The number of esters is 2. The van der Waals surface area contributed by atoms with Gasteiger partial charge in [0.25, 0.3) is 0 Å². The van der Waals surface area contributed by atoms with Gasteiger partial charge in [-0.15, -0.1) is 0 Å². The first-order chi connectivity index (χ1) is 11.9. The van der Waals surface area contributed by atoms with E-state index in [1.54, 1.807) is 43.5 Å². The Labute approximate surface area is 145 Å². The van der Waals surface area contributed by atoms with Gasteiger partial charge in [0.15, 0.2) is 0 Å². The quantitative estimate of drug-likeness (QED) is 0.594. The fourth-order valence-corrected chi connectivity index (χ4v) is 2.53. The van der Waals surface area contributed by atoms with Crippen molar-refractivity contribution in [3.8, 4) is 0 Å². The molecule has 25 heavy (non-hydrogen) atoms. The van der Waals surface area contributed by atoms with Crippen LogP contribution in [0.2, 0.25) is 0 Å². The summed E-state index contributed by atoms with van der Waals surface area (Å²) < 4.78 is 9.58. The van der Waals surface area contributed by atoms with E-state index < -0.39 is 19.1 Å². The molecule has 0 aromatic heterocycles. The second kappa shape index (κ2) is 7.82. The Morgan fingerprint density at radius 2 is 1.76 bits per heavy atom. The lowest BCUT2D eigenvalue weighted by atomic mass is 9.77. The van der Waals surface area contributed by atoms with Gasteiger partial charge in [-0.2, -0.15) is 0 Å². The molecule has 130 valence electrons. The van der Waals surface area contributed by atoms with E-state index >= 15 is 0 Å². The predicted octanol–water partition coefficient (Wildman–Crippen LogP) is 0.165. The largest absolute Gasteiger partial charge is 0.488 e. The molecular formula is C17H18BNO6. The second-order valence-electron chi connectivity index (χ2n) is 5.18. The molecule has 0 amide bonds.